The van der Waals surface area contributed by atoms with Gasteiger partial charge in [0.25, 0.3) is 5.91 Å². The van der Waals surface area contributed by atoms with Crippen molar-refractivity contribution in [3.63, 3.8) is 0 Å². The second kappa shape index (κ2) is 4.90. The molecule has 106 valence electrons. The zero-order chi connectivity index (χ0) is 14.2. The largest absolute Gasteiger partial charge is 0.378 e. The fourth-order valence-corrected chi connectivity index (χ4v) is 2.78. The number of rotatable bonds is 3. The Morgan fingerprint density at radius 2 is 2.15 bits per heavy atom. The van der Waals surface area contributed by atoms with Gasteiger partial charge in [-0.1, -0.05) is 31.2 Å². The normalized spacial score (nSPS) is 25.6. The van der Waals surface area contributed by atoms with Crippen LogP contribution in [0.1, 0.15) is 24.5 Å². The lowest BCUT2D eigenvalue weighted by Gasteiger charge is -2.18. The van der Waals surface area contributed by atoms with Crippen LogP contribution in [0.15, 0.2) is 24.3 Å². The van der Waals surface area contributed by atoms with Crippen molar-refractivity contribution in [1.29, 1.82) is 0 Å². The highest BCUT2D eigenvalue weighted by Gasteiger charge is 2.53. The lowest BCUT2D eigenvalue weighted by atomic mass is 9.99. The topological polar surface area (TPSA) is 58.6 Å². The van der Waals surface area contributed by atoms with Crippen LogP contribution in [-0.4, -0.2) is 35.6 Å². The molecule has 2 heterocycles. The molecule has 0 aliphatic carbocycles. The third kappa shape index (κ3) is 2.08. The number of hydrogen-bond donors (Lipinski definition) is 1. The average Bonchev–Trinajstić information content (AvgIpc) is 3.01. The Balaban J connectivity index is 1.80. The van der Waals surface area contributed by atoms with Crippen LogP contribution in [0.3, 0.4) is 0 Å². The van der Waals surface area contributed by atoms with Crippen molar-refractivity contribution >= 4 is 11.9 Å². The molecule has 0 aromatic heterocycles. The number of carbonyl (C=O) groups excluding carboxylic acids is 2. The van der Waals surface area contributed by atoms with E-state index in [2.05, 4.69) is 12.2 Å². The van der Waals surface area contributed by atoms with Gasteiger partial charge in [0.15, 0.2) is 0 Å². The summed E-state index contributed by atoms with van der Waals surface area (Å²) in [4.78, 5) is 25.8. The van der Waals surface area contributed by atoms with E-state index in [0.717, 1.165) is 12.0 Å². The van der Waals surface area contributed by atoms with E-state index in [1.165, 1.54) is 10.5 Å². The first-order chi connectivity index (χ1) is 9.64. The molecule has 1 atom stereocenters. The van der Waals surface area contributed by atoms with E-state index in [0.29, 0.717) is 19.6 Å². The summed E-state index contributed by atoms with van der Waals surface area (Å²) in [6, 6.07) is 7.66. The first kappa shape index (κ1) is 13.1. The van der Waals surface area contributed by atoms with Crippen LogP contribution in [-0.2, 0) is 22.5 Å². The molecule has 5 heteroatoms. The molecule has 2 aliphatic heterocycles. The van der Waals surface area contributed by atoms with Crippen molar-refractivity contribution in [2.24, 2.45) is 0 Å². The highest BCUT2D eigenvalue weighted by molar-refractivity contribution is 6.07. The maximum Gasteiger partial charge on any atom is 0.325 e. The van der Waals surface area contributed by atoms with Crippen LogP contribution in [0.5, 0.6) is 0 Å². The van der Waals surface area contributed by atoms with E-state index in [1.54, 1.807) is 0 Å². The number of amides is 3. The van der Waals surface area contributed by atoms with Gasteiger partial charge in [0.1, 0.15) is 5.54 Å². The van der Waals surface area contributed by atoms with Crippen LogP contribution >= 0.6 is 0 Å². The molecule has 5 nitrogen and oxygen atoms in total. The number of imide groups is 1. The first-order valence-electron chi connectivity index (χ1n) is 6.94. The van der Waals surface area contributed by atoms with E-state index < -0.39 is 5.54 Å². The third-order valence-electron chi connectivity index (χ3n) is 4.01. The monoisotopic (exact) mass is 274 g/mol. The molecule has 0 bridgehead atoms. The Labute approximate surface area is 117 Å². The summed E-state index contributed by atoms with van der Waals surface area (Å²) in [5.74, 6) is -0.165. The van der Waals surface area contributed by atoms with Gasteiger partial charge in [-0.3, -0.25) is 9.69 Å². The minimum atomic E-state index is -0.820. The third-order valence-corrected chi connectivity index (χ3v) is 4.01. The number of benzene rings is 1. The minimum Gasteiger partial charge on any atom is -0.378 e. The number of nitrogens with one attached hydrogen (secondary N) is 1. The Hall–Kier alpha value is -1.88. The molecule has 20 heavy (non-hydrogen) atoms. The molecular weight excluding hydrogens is 256 g/mol. The molecule has 3 amide bonds. The molecule has 0 unspecified atom stereocenters. The molecule has 1 aromatic rings. The summed E-state index contributed by atoms with van der Waals surface area (Å²) in [6.07, 6.45) is 1.49. The van der Waals surface area contributed by atoms with Crippen LogP contribution in [0.25, 0.3) is 0 Å². The molecule has 1 spiro atoms. The van der Waals surface area contributed by atoms with E-state index in [4.69, 9.17) is 4.74 Å². The Kier molecular flexibility index (Phi) is 3.22. The van der Waals surface area contributed by atoms with Crippen molar-refractivity contribution in [2.45, 2.75) is 31.8 Å². The van der Waals surface area contributed by atoms with Crippen molar-refractivity contribution in [3.8, 4) is 0 Å². The summed E-state index contributed by atoms with van der Waals surface area (Å²) in [7, 11) is 0. The molecule has 0 saturated carbocycles. The molecule has 0 radical (unpaired) electrons. The van der Waals surface area contributed by atoms with Crippen LogP contribution in [0.4, 0.5) is 4.79 Å². The zero-order valence-corrected chi connectivity index (χ0v) is 11.5. The summed E-state index contributed by atoms with van der Waals surface area (Å²) >= 11 is 0. The lowest BCUT2D eigenvalue weighted by molar-refractivity contribution is -0.131. The standard InChI is InChI=1S/C15H18N2O3/c1-2-11-4-3-5-12(8-11)9-17-13(18)15(16-14(17)19)6-7-20-10-15/h3-5,8H,2,6-7,9-10H2,1H3,(H,16,19)/t15-/m0/s1. The summed E-state index contributed by atoms with van der Waals surface area (Å²) < 4.78 is 5.27. The number of hydrogen-bond acceptors (Lipinski definition) is 3. The smallest absolute Gasteiger partial charge is 0.325 e. The predicted molar refractivity (Wildman–Crippen MR) is 73.1 cm³/mol. The van der Waals surface area contributed by atoms with Gasteiger partial charge in [-0.05, 0) is 17.5 Å². The van der Waals surface area contributed by atoms with E-state index in [-0.39, 0.29) is 18.5 Å². The first-order valence-corrected chi connectivity index (χ1v) is 6.94. The van der Waals surface area contributed by atoms with Gasteiger partial charge in [0, 0.05) is 13.0 Å². The van der Waals surface area contributed by atoms with Gasteiger partial charge in [-0.15, -0.1) is 0 Å². The van der Waals surface area contributed by atoms with Crippen LogP contribution < -0.4 is 5.32 Å². The number of nitrogens with zero attached hydrogens (tertiary/aromatic N) is 1. The maximum atomic E-state index is 12.5. The fraction of sp³-hybridized carbons (Fsp3) is 0.467. The Morgan fingerprint density at radius 1 is 1.35 bits per heavy atom. The molecule has 2 fully saturated rings. The van der Waals surface area contributed by atoms with Gasteiger partial charge in [0.05, 0.1) is 13.2 Å². The van der Waals surface area contributed by atoms with Crippen molar-refractivity contribution in [1.82, 2.24) is 10.2 Å². The Bertz CT molecular complexity index is 550. The Morgan fingerprint density at radius 3 is 2.85 bits per heavy atom. The maximum absolute atomic E-state index is 12.5. The minimum absolute atomic E-state index is 0.165. The van der Waals surface area contributed by atoms with Crippen LogP contribution in [0, 0.1) is 0 Å². The van der Waals surface area contributed by atoms with E-state index in [1.807, 2.05) is 24.3 Å². The summed E-state index contributed by atoms with van der Waals surface area (Å²) in [6.45, 7) is 3.20. The predicted octanol–water partition coefficient (Wildman–Crippen LogP) is 1.46. The van der Waals surface area contributed by atoms with Gasteiger partial charge in [0.2, 0.25) is 0 Å². The second-order valence-electron chi connectivity index (χ2n) is 5.38. The summed E-state index contributed by atoms with van der Waals surface area (Å²) in [5, 5.41) is 2.79. The van der Waals surface area contributed by atoms with Gasteiger partial charge >= 0.3 is 6.03 Å². The number of aryl methyl sites for hydroxylation is 1. The zero-order valence-electron chi connectivity index (χ0n) is 11.5. The fourth-order valence-electron chi connectivity index (χ4n) is 2.78. The molecule has 1 aromatic carbocycles. The van der Waals surface area contributed by atoms with E-state index in [9.17, 15) is 9.59 Å². The van der Waals surface area contributed by atoms with Crippen molar-refractivity contribution in [2.75, 3.05) is 13.2 Å². The molecule has 3 rings (SSSR count). The van der Waals surface area contributed by atoms with Crippen molar-refractivity contribution in [3.05, 3.63) is 35.4 Å². The average molecular weight is 274 g/mol. The lowest BCUT2D eigenvalue weighted by Crippen LogP contribution is -2.47. The number of ether oxygens (including phenoxy) is 1. The molecular formula is C15H18N2O3. The number of carbonyl (C=O) groups is 2. The molecule has 1 N–H and O–H groups in total. The second-order valence-corrected chi connectivity index (χ2v) is 5.38. The quantitative estimate of drug-likeness (QED) is 0.849. The molecule has 2 aliphatic rings. The van der Waals surface area contributed by atoms with Crippen LogP contribution in [0.2, 0.25) is 0 Å². The highest BCUT2D eigenvalue weighted by Crippen LogP contribution is 2.28. The summed E-state index contributed by atoms with van der Waals surface area (Å²) in [5.41, 5.74) is 1.36. The van der Waals surface area contributed by atoms with Gasteiger partial charge in [-0.25, -0.2) is 4.79 Å². The van der Waals surface area contributed by atoms with E-state index >= 15 is 0 Å². The van der Waals surface area contributed by atoms with Crippen molar-refractivity contribution < 1.29 is 14.3 Å². The SMILES string of the molecule is CCc1cccc(CN2C(=O)N[C@]3(CCOC3)C2=O)c1. The number of urea groups is 1. The molecule has 2 saturated heterocycles. The van der Waals surface area contributed by atoms with Gasteiger partial charge in [-0.2, -0.15) is 0 Å². The van der Waals surface area contributed by atoms with Gasteiger partial charge < -0.3 is 10.1 Å². The highest BCUT2D eigenvalue weighted by atomic mass is 16.5.